The number of nitrogens with one attached hydrogen (secondary N) is 1. The Hall–Kier alpha value is -0.930. The normalized spacial score (nSPS) is 15.8. The van der Waals surface area contributed by atoms with Crippen LogP contribution in [0.4, 0.5) is 6.01 Å². The second kappa shape index (κ2) is 4.32. The SMILES string of the molecule is O=S(=O)(Nc1nnc(C2CC2)o1)c1sccc1Br. The van der Waals surface area contributed by atoms with E-state index in [1.807, 2.05) is 0 Å². The Labute approximate surface area is 116 Å². The van der Waals surface area contributed by atoms with E-state index in [0.29, 0.717) is 16.3 Å². The Morgan fingerprint density at radius 2 is 2.22 bits per heavy atom. The third kappa shape index (κ3) is 2.29. The molecular weight excluding hydrogens is 342 g/mol. The lowest BCUT2D eigenvalue weighted by molar-refractivity contribution is 0.510. The Balaban J connectivity index is 1.84. The van der Waals surface area contributed by atoms with Crippen LogP contribution in [-0.4, -0.2) is 18.6 Å². The van der Waals surface area contributed by atoms with Crippen LogP contribution in [0.25, 0.3) is 0 Å². The van der Waals surface area contributed by atoms with Gasteiger partial charge in [0.15, 0.2) is 4.21 Å². The molecule has 18 heavy (non-hydrogen) atoms. The predicted octanol–water partition coefficient (Wildman–Crippen LogP) is 2.57. The first-order valence-electron chi connectivity index (χ1n) is 5.15. The number of aromatic nitrogens is 2. The molecule has 0 radical (unpaired) electrons. The highest BCUT2D eigenvalue weighted by molar-refractivity contribution is 9.10. The summed E-state index contributed by atoms with van der Waals surface area (Å²) in [5.41, 5.74) is 0. The molecular formula is C9H8BrN3O3S2. The molecule has 2 heterocycles. The van der Waals surface area contributed by atoms with E-state index < -0.39 is 10.0 Å². The molecule has 2 aromatic heterocycles. The van der Waals surface area contributed by atoms with Crippen molar-refractivity contribution in [1.82, 2.24) is 10.2 Å². The highest BCUT2D eigenvalue weighted by Crippen LogP contribution is 2.39. The molecule has 6 nitrogen and oxygen atoms in total. The number of halogens is 1. The van der Waals surface area contributed by atoms with Crippen LogP contribution in [-0.2, 0) is 10.0 Å². The monoisotopic (exact) mass is 349 g/mol. The van der Waals surface area contributed by atoms with E-state index in [4.69, 9.17) is 4.42 Å². The molecule has 96 valence electrons. The number of hydrogen-bond donors (Lipinski definition) is 1. The topological polar surface area (TPSA) is 85.1 Å². The Morgan fingerprint density at radius 1 is 1.44 bits per heavy atom. The van der Waals surface area contributed by atoms with Crippen LogP contribution >= 0.6 is 27.3 Å². The Morgan fingerprint density at radius 3 is 2.83 bits per heavy atom. The van der Waals surface area contributed by atoms with Crippen LogP contribution in [0.1, 0.15) is 24.7 Å². The molecule has 1 saturated carbocycles. The molecule has 1 aliphatic carbocycles. The van der Waals surface area contributed by atoms with Crippen molar-refractivity contribution in [2.24, 2.45) is 0 Å². The van der Waals surface area contributed by atoms with Gasteiger partial charge < -0.3 is 4.42 Å². The smallest absolute Gasteiger partial charge is 0.329 e. The van der Waals surface area contributed by atoms with Crippen LogP contribution in [0.3, 0.4) is 0 Å². The molecule has 1 aliphatic rings. The fraction of sp³-hybridized carbons (Fsp3) is 0.333. The third-order valence-electron chi connectivity index (χ3n) is 2.42. The molecule has 0 aliphatic heterocycles. The van der Waals surface area contributed by atoms with E-state index in [1.54, 1.807) is 11.4 Å². The molecule has 0 bridgehead atoms. The van der Waals surface area contributed by atoms with Gasteiger partial charge in [0.25, 0.3) is 10.0 Å². The Bertz CT molecular complexity index is 675. The summed E-state index contributed by atoms with van der Waals surface area (Å²) >= 11 is 4.29. The van der Waals surface area contributed by atoms with Crippen molar-refractivity contribution >= 4 is 43.3 Å². The Kier molecular flexibility index (Phi) is 2.91. The lowest BCUT2D eigenvalue weighted by Gasteiger charge is -2.01. The van der Waals surface area contributed by atoms with Crippen LogP contribution in [0.5, 0.6) is 0 Å². The average Bonchev–Trinajstić information content (AvgIpc) is 2.90. The lowest BCUT2D eigenvalue weighted by atomic mass is 10.4. The maximum atomic E-state index is 12.0. The van der Waals surface area contributed by atoms with Gasteiger partial charge in [0.05, 0.1) is 0 Å². The molecule has 0 atom stereocenters. The number of rotatable bonds is 4. The van der Waals surface area contributed by atoms with Crippen molar-refractivity contribution in [3.8, 4) is 0 Å². The van der Waals surface area contributed by atoms with Gasteiger partial charge in [-0.25, -0.2) is 13.1 Å². The van der Waals surface area contributed by atoms with Crippen molar-refractivity contribution in [3.63, 3.8) is 0 Å². The molecule has 0 spiro atoms. The van der Waals surface area contributed by atoms with Gasteiger partial charge in [-0.3, -0.25) is 0 Å². The first-order valence-corrected chi connectivity index (χ1v) is 8.31. The quantitative estimate of drug-likeness (QED) is 0.916. The number of anilines is 1. The third-order valence-corrected chi connectivity index (χ3v) is 6.41. The molecule has 0 unspecified atom stereocenters. The van der Waals surface area contributed by atoms with Gasteiger partial charge in [0.2, 0.25) is 5.89 Å². The number of hydrogen-bond acceptors (Lipinski definition) is 6. The second-order valence-electron chi connectivity index (χ2n) is 3.88. The molecule has 1 N–H and O–H groups in total. The van der Waals surface area contributed by atoms with E-state index in [1.165, 1.54) is 0 Å². The molecule has 3 rings (SSSR count). The predicted molar refractivity (Wildman–Crippen MR) is 69.1 cm³/mol. The summed E-state index contributed by atoms with van der Waals surface area (Å²) in [7, 11) is -3.67. The molecule has 9 heteroatoms. The summed E-state index contributed by atoms with van der Waals surface area (Å²) in [5, 5.41) is 9.18. The van der Waals surface area contributed by atoms with Crippen molar-refractivity contribution in [2.75, 3.05) is 4.72 Å². The van der Waals surface area contributed by atoms with Gasteiger partial charge in [-0.2, -0.15) is 0 Å². The summed E-state index contributed by atoms with van der Waals surface area (Å²) in [5.74, 6) is 0.794. The second-order valence-corrected chi connectivity index (χ2v) is 7.53. The summed E-state index contributed by atoms with van der Waals surface area (Å²) in [6.07, 6.45) is 2.04. The molecule has 0 aromatic carbocycles. The molecule has 2 aromatic rings. The van der Waals surface area contributed by atoms with Crippen LogP contribution in [0, 0.1) is 0 Å². The largest absolute Gasteiger partial charge is 0.407 e. The van der Waals surface area contributed by atoms with E-state index in [2.05, 4.69) is 30.8 Å². The fourth-order valence-electron chi connectivity index (χ4n) is 1.40. The van der Waals surface area contributed by atoms with E-state index in [0.717, 1.165) is 24.2 Å². The summed E-state index contributed by atoms with van der Waals surface area (Å²) in [6, 6.07) is 1.58. The maximum absolute atomic E-state index is 12.0. The average molecular weight is 350 g/mol. The van der Waals surface area contributed by atoms with Gasteiger partial charge in [-0.05, 0) is 40.2 Å². The summed E-state index contributed by atoms with van der Waals surface area (Å²) in [4.78, 5) is 0. The number of sulfonamides is 1. The van der Waals surface area contributed by atoms with E-state index in [-0.39, 0.29) is 10.2 Å². The first kappa shape index (κ1) is 12.1. The van der Waals surface area contributed by atoms with Gasteiger partial charge in [0, 0.05) is 10.4 Å². The zero-order valence-corrected chi connectivity index (χ0v) is 12.2. The molecule has 0 amide bonds. The van der Waals surface area contributed by atoms with Gasteiger partial charge in [-0.15, -0.1) is 16.4 Å². The van der Waals surface area contributed by atoms with Gasteiger partial charge >= 0.3 is 6.01 Å². The highest BCUT2D eigenvalue weighted by atomic mass is 79.9. The van der Waals surface area contributed by atoms with Gasteiger partial charge in [-0.1, -0.05) is 5.10 Å². The number of thiophene rings is 1. The van der Waals surface area contributed by atoms with Crippen molar-refractivity contribution in [2.45, 2.75) is 23.0 Å². The zero-order chi connectivity index (χ0) is 12.8. The lowest BCUT2D eigenvalue weighted by Crippen LogP contribution is -2.12. The van der Waals surface area contributed by atoms with E-state index in [9.17, 15) is 8.42 Å². The van der Waals surface area contributed by atoms with Crippen molar-refractivity contribution < 1.29 is 12.8 Å². The summed E-state index contributed by atoms with van der Waals surface area (Å²) in [6.45, 7) is 0. The minimum Gasteiger partial charge on any atom is -0.407 e. The minimum absolute atomic E-state index is 0.0859. The molecule has 1 fully saturated rings. The fourth-order valence-corrected chi connectivity index (χ4v) is 4.67. The van der Waals surface area contributed by atoms with Crippen LogP contribution < -0.4 is 4.72 Å². The first-order chi connectivity index (χ1) is 8.56. The van der Waals surface area contributed by atoms with Gasteiger partial charge in [0.1, 0.15) is 0 Å². The zero-order valence-electron chi connectivity index (χ0n) is 8.96. The highest BCUT2D eigenvalue weighted by Gasteiger charge is 2.30. The number of nitrogens with zero attached hydrogens (tertiary/aromatic N) is 2. The summed E-state index contributed by atoms with van der Waals surface area (Å²) < 4.78 is 32.3. The maximum Gasteiger partial charge on any atom is 0.329 e. The van der Waals surface area contributed by atoms with E-state index >= 15 is 0 Å². The van der Waals surface area contributed by atoms with Crippen molar-refractivity contribution in [1.29, 1.82) is 0 Å². The standard InChI is InChI=1S/C9H8BrN3O3S2/c10-6-3-4-17-8(6)18(14,15)13-9-12-11-7(16-9)5-1-2-5/h3-5H,1-2H2,(H,12,13). The van der Waals surface area contributed by atoms with Crippen LogP contribution in [0.15, 0.2) is 24.5 Å². The van der Waals surface area contributed by atoms with Crippen LogP contribution in [0.2, 0.25) is 0 Å². The van der Waals surface area contributed by atoms with Crippen molar-refractivity contribution in [3.05, 3.63) is 21.8 Å². The minimum atomic E-state index is -3.67. The molecule has 0 saturated heterocycles.